The van der Waals surface area contributed by atoms with Gasteiger partial charge in [0.2, 0.25) is 0 Å². The molecule has 2 heterocycles. The van der Waals surface area contributed by atoms with Gasteiger partial charge in [-0.1, -0.05) is 56.3 Å². The van der Waals surface area contributed by atoms with Gasteiger partial charge in [-0.15, -0.1) is 0 Å². The van der Waals surface area contributed by atoms with Gasteiger partial charge in [-0.3, -0.25) is 4.98 Å². The van der Waals surface area contributed by atoms with Crippen LogP contribution in [-0.2, 0) is 15.9 Å². The minimum absolute atomic E-state index is 0.0351. The standard InChI is InChI=1S/C28H36N2O3Si/c1-19-16-22(24-10-8-9-11-25(24)29-19)18-31-23-14-12-21(13-15-23)27-17-26(30-32-27)20(2)33-34(6,7)28(3,4)5/h8-16,20,27H,17-18H2,1-7H3. The molecule has 0 amide bonds. The molecule has 180 valence electrons. The summed E-state index contributed by atoms with van der Waals surface area (Å²) in [5, 5.41) is 5.66. The lowest BCUT2D eigenvalue weighted by Crippen LogP contribution is -2.45. The first-order valence-electron chi connectivity index (χ1n) is 12.0. The van der Waals surface area contributed by atoms with Crippen LogP contribution in [0.1, 0.15) is 57.0 Å². The topological polar surface area (TPSA) is 52.9 Å². The van der Waals surface area contributed by atoms with Crippen molar-refractivity contribution in [3.05, 3.63) is 71.4 Å². The number of nitrogens with zero attached hydrogens (tertiary/aromatic N) is 2. The largest absolute Gasteiger partial charge is 0.489 e. The van der Waals surface area contributed by atoms with Crippen LogP contribution in [0.15, 0.2) is 59.8 Å². The van der Waals surface area contributed by atoms with Gasteiger partial charge in [0.05, 0.1) is 17.3 Å². The van der Waals surface area contributed by atoms with E-state index in [0.29, 0.717) is 6.61 Å². The quantitative estimate of drug-likeness (QED) is 0.335. The van der Waals surface area contributed by atoms with E-state index in [-0.39, 0.29) is 17.2 Å². The number of para-hydroxylation sites is 1. The van der Waals surface area contributed by atoms with Crippen LogP contribution in [0, 0.1) is 6.92 Å². The van der Waals surface area contributed by atoms with Crippen molar-refractivity contribution in [3.63, 3.8) is 0 Å². The second-order valence-corrected chi connectivity index (χ2v) is 15.5. The maximum absolute atomic E-state index is 6.51. The number of aryl methyl sites for hydroxylation is 1. The zero-order valence-electron chi connectivity index (χ0n) is 21.4. The average Bonchev–Trinajstić information content (AvgIpc) is 3.27. The molecule has 0 saturated carbocycles. The Morgan fingerprint density at radius 2 is 1.79 bits per heavy atom. The van der Waals surface area contributed by atoms with Crippen LogP contribution in [0.4, 0.5) is 0 Å². The van der Waals surface area contributed by atoms with Crippen molar-refractivity contribution in [2.24, 2.45) is 5.16 Å². The molecule has 5 nitrogen and oxygen atoms in total. The Bertz CT molecular complexity index is 1180. The molecule has 4 rings (SSSR count). The van der Waals surface area contributed by atoms with Gasteiger partial charge >= 0.3 is 0 Å². The lowest BCUT2D eigenvalue weighted by molar-refractivity contribution is 0.0855. The van der Waals surface area contributed by atoms with Gasteiger partial charge in [0.15, 0.2) is 14.4 Å². The van der Waals surface area contributed by atoms with Gasteiger partial charge in [0.25, 0.3) is 0 Å². The number of hydrogen-bond acceptors (Lipinski definition) is 5. The summed E-state index contributed by atoms with van der Waals surface area (Å²) >= 11 is 0. The van der Waals surface area contributed by atoms with E-state index in [1.807, 2.05) is 37.3 Å². The number of pyridine rings is 1. The van der Waals surface area contributed by atoms with Crippen LogP contribution in [0.5, 0.6) is 5.75 Å². The third-order valence-electron chi connectivity index (χ3n) is 7.01. The number of rotatable bonds is 7. The number of hydrogen-bond donors (Lipinski definition) is 0. The molecule has 1 aliphatic heterocycles. The molecular formula is C28H36N2O3Si. The molecule has 0 N–H and O–H groups in total. The number of ether oxygens (including phenoxy) is 1. The van der Waals surface area contributed by atoms with E-state index in [2.05, 4.69) is 75.2 Å². The molecule has 0 spiro atoms. The molecule has 0 radical (unpaired) electrons. The molecule has 34 heavy (non-hydrogen) atoms. The van der Waals surface area contributed by atoms with Crippen molar-refractivity contribution in [2.75, 3.05) is 0 Å². The Labute approximate surface area is 204 Å². The second kappa shape index (κ2) is 9.51. The molecule has 0 saturated heterocycles. The zero-order chi connectivity index (χ0) is 24.5. The van der Waals surface area contributed by atoms with Crippen LogP contribution >= 0.6 is 0 Å². The van der Waals surface area contributed by atoms with Crippen LogP contribution in [-0.4, -0.2) is 25.1 Å². The Kier molecular flexibility index (Phi) is 6.83. The monoisotopic (exact) mass is 476 g/mol. The molecule has 1 aromatic heterocycles. The normalized spacial score (nSPS) is 17.4. The highest BCUT2D eigenvalue weighted by Crippen LogP contribution is 2.38. The minimum atomic E-state index is -1.86. The van der Waals surface area contributed by atoms with Crippen molar-refractivity contribution in [1.29, 1.82) is 0 Å². The smallest absolute Gasteiger partial charge is 0.192 e. The summed E-state index contributed by atoms with van der Waals surface area (Å²) in [6.07, 6.45) is 0.631. The molecule has 2 aromatic carbocycles. The number of aromatic nitrogens is 1. The average molecular weight is 477 g/mol. The first-order chi connectivity index (χ1) is 16.0. The molecule has 2 unspecified atom stereocenters. The lowest BCUT2D eigenvalue weighted by atomic mass is 10.0. The van der Waals surface area contributed by atoms with Gasteiger partial charge < -0.3 is 14.0 Å². The summed E-state index contributed by atoms with van der Waals surface area (Å²) in [5.41, 5.74) is 5.21. The molecule has 0 bridgehead atoms. The Morgan fingerprint density at radius 3 is 2.50 bits per heavy atom. The fraction of sp³-hybridized carbons (Fsp3) is 0.429. The summed E-state index contributed by atoms with van der Waals surface area (Å²) in [7, 11) is -1.86. The molecule has 1 aliphatic rings. The molecule has 0 aliphatic carbocycles. The van der Waals surface area contributed by atoms with E-state index < -0.39 is 8.32 Å². The first-order valence-corrected chi connectivity index (χ1v) is 14.9. The van der Waals surface area contributed by atoms with Crippen molar-refractivity contribution < 1.29 is 14.0 Å². The molecule has 3 aromatic rings. The van der Waals surface area contributed by atoms with E-state index >= 15 is 0 Å². The van der Waals surface area contributed by atoms with Crippen molar-refractivity contribution in [1.82, 2.24) is 4.98 Å². The lowest BCUT2D eigenvalue weighted by Gasteiger charge is -2.38. The fourth-order valence-corrected chi connectivity index (χ4v) is 5.33. The van der Waals surface area contributed by atoms with Crippen LogP contribution in [0.25, 0.3) is 10.9 Å². The van der Waals surface area contributed by atoms with Gasteiger partial charge in [-0.2, -0.15) is 0 Å². The highest BCUT2D eigenvalue weighted by Gasteiger charge is 2.40. The summed E-state index contributed by atoms with van der Waals surface area (Å²) < 4.78 is 12.6. The van der Waals surface area contributed by atoms with Crippen molar-refractivity contribution >= 4 is 24.9 Å². The molecule has 6 heteroatoms. The summed E-state index contributed by atoms with van der Waals surface area (Å²) in [4.78, 5) is 10.4. The zero-order valence-corrected chi connectivity index (χ0v) is 22.4. The predicted molar refractivity (Wildman–Crippen MR) is 141 cm³/mol. The molecule has 2 atom stereocenters. The van der Waals surface area contributed by atoms with E-state index in [9.17, 15) is 0 Å². The Hall–Kier alpha value is -2.70. The van der Waals surface area contributed by atoms with E-state index in [1.54, 1.807) is 0 Å². The number of fused-ring (bicyclic) bond motifs is 1. The van der Waals surface area contributed by atoms with Gasteiger partial charge in [0, 0.05) is 23.1 Å². The Morgan fingerprint density at radius 1 is 1.09 bits per heavy atom. The summed E-state index contributed by atoms with van der Waals surface area (Å²) in [6, 6.07) is 18.4. The van der Waals surface area contributed by atoms with Gasteiger partial charge in [0.1, 0.15) is 12.4 Å². The summed E-state index contributed by atoms with van der Waals surface area (Å²) in [5.74, 6) is 0.830. The first kappa shape index (κ1) is 24.4. The van der Waals surface area contributed by atoms with Gasteiger partial charge in [-0.05, 0) is 61.8 Å². The van der Waals surface area contributed by atoms with Crippen LogP contribution in [0.3, 0.4) is 0 Å². The van der Waals surface area contributed by atoms with Crippen LogP contribution in [0.2, 0.25) is 18.1 Å². The van der Waals surface area contributed by atoms with E-state index in [4.69, 9.17) is 14.0 Å². The Balaban J connectivity index is 1.36. The number of benzene rings is 2. The predicted octanol–water partition coefficient (Wildman–Crippen LogP) is 7.35. The third-order valence-corrected chi connectivity index (χ3v) is 11.6. The van der Waals surface area contributed by atoms with Crippen LogP contribution < -0.4 is 4.74 Å². The number of oxime groups is 1. The second-order valence-electron chi connectivity index (χ2n) is 10.7. The SMILES string of the molecule is Cc1cc(COc2ccc(C3CC(C(C)O[Si](C)(C)C(C)(C)C)=NO3)cc2)c2ccccc2n1. The maximum atomic E-state index is 6.51. The highest BCUT2D eigenvalue weighted by molar-refractivity contribution is 6.74. The maximum Gasteiger partial charge on any atom is 0.192 e. The fourth-order valence-electron chi connectivity index (χ4n) is 3.96. The summed E-state index contributed by atoms with van der Waals surface area (Å²) in [6.45, 7) is 15.9. The van der Waals surface area contributed by atoms with E-state index in [1.165, 1.54) is 0 Å². The molecular weight excluding hydrogens is 440 g/mol. The van der Waals surface area contributed by atoms with E-state index in [0.717, 1.165) is 45.6 Å². The van der Waals surface area contributed by atoms with Crippen molar-refractivity contribution in [3.8, 4) is 5.75 Å². The molecule has 0 fully saturated rings. The third kappa shape index (κ3) is 5.34. The van der Waals surface area contributed by atoms with Gasteiger partial charge in [-0.25, -0.2) is 0 Å². The highest BCUT2D eigenvalue weighted by atomic mass is 28.4. The van der Waals surface area contributed by atoms with Crippen molar-refractivity contribution in [2.45, 2.75) is 78.0 Å². The minimum Gasteiger partial charge on any atom is -0.489 e.